The average molecular weight is 316 g/mol. The van der Waals surface area contributed by atoms with Crippen LogP contribution in [0.5, 0.6) is 0 Å². The smallest absolute Gasteiger partial charge is 0.239 e. The van der Waals surface area contributed by atoms with Crippen LogP contribution in [0.25, 0.3) is 5.57 Å². The SMILES string of the molecule is CN(C)c1ccc(C2=C([O-])/C(=C3/C=CC(=[N+](C)C)S3)C2=O)o1. The third kappa shape index (κ3) is 2.20. The lowest BCUT2D eigenvalue weighted by molar-refractivity contribution is -0.460. The molecule has 3 rings (SSSR count). The molecule has 0 radical (unpaired) electrons. The van der Waals surface area contributed by atoms with Gasteiger partial charge in [-0.15, -0.1) is 0 Å². The summed E-state index contributed by atoms with van der Waals surface area (Å²) in [5, 5.41) is 13.4. The van der Waals surface area contributed by atoms with E-state index in [0.29, 0.717) is 16.5 Å². The highest BCUT2D eigenvalue weighted by Gasteiger charge is 2.34. The first-order valence-electron chi connectivity index (χ1n) is 6.78. The molecule has 0 amide bonds. The maximum Gasteiger partial charge on any atom is 0.239 e. The molecule has 0 atom stereocenters. The number of anilines is 1. The van der Waals surface area contributed by atoms with E-state index < -0.39 is 0 Å². The zero-order chi connectivity index (χ0) is 16.0. The summed E-state index contributed by atoms with van der Waals surface area (Å²) < 4.78 is 7.49. The molecule has 2 aliphatic rings. The molecule has 1 aromatic heterocycles. The summed E-state index contributed by atoms with van der Waals surface area (Å²) in [7, 11) is 7.52. The number of thioether (sulfide) groups is 1. The second kappa shape index (κ2) is 5.21. The van der Waals surface area contributed by atoms with E-state index in [2.05, 4.69) is 0 Å². The zero-order valence-electron chi connectivity index (χ0n) is 12.8. The van der Waals surface area contributed by atoms with Gasteiger partial charge < -0.3 is 14.4 Å². The number of furan rings is 1. The number of nitrogens with zero attached hydrogens (tertiary/aromatic N) is 2. The lowest BCUT2D eigenvalue weighted by atomic mass is 9.86. The number of hydrogen-bond donors (Lipinski definition) is 0. The van der Waals surface area contributed by atoms with Crippen molar-refractivity contribution < 1.29 is 18.9 Å². The molecule has 0 unspecified atom stereocenters. The van der Waals surface area contributed by atoms with Crippen molar-refractivity contribution in [2.75, 3.05) is 33.1 Å². The number of ketones is 1. The molecule has 1 aliphatic heterocycles. The van der Waals surface area contributed by atoms with E-state index in [1.165, 1.54) is 11.8 Å². The predicted molar refractivity (Wildman–Crippen MR) is 85.8 cm³/mol. The molecule has 0 saturated carbocycles. The summed E-state index contributed by atoms with van der Waals surface area (Å²) in [5.74, 6) is 0.475. The van der Waals surface area contributed by atoms with Crippen LogP contribution < -0.4 is 10.0 Å². The maximum absolute atomic E-state index is 12.4. The Bertz CT molecular complexity index is 790. The molecular weight excluding hydrogens is 300 g/mol. The summed E-state index contributed by atoms with van der Waals surface area (Å²) in [4.78, 5) is 14.8. The van der Waals surface area contributed by atoms with Crippen molar-refractivity contribution in [3.8, 4) is 0 Å². The van der Waals surface area contributed by atoms with Crippen LogP contribution in [0.1, 0.15) is 5.76 Å². The Hall–Kier alpha value is -2.21. The molecule has 22 heavy (non-hydrogen) atoms. The maximum atomic E-state index is 12.4. The van der Waals surface area contributed by atoms with E-state index in [1.807, 2.05) is 44.9 Å². The van der Waals surface area contributed by atoms with Gasteiger partial charge in [0.1, 0.15) is 19.9 Å². The van der Waals surface area contributed by atoms with Crippen LogP contribution in [-0.2, 0) is 4.79 Å². The molecule has 0 aromatic carbocycles. The van der Waals surface area contributed by atoms with Gasteiger partial charge in [-0.05, 0) is 23.9 Å². The van der Waals surface area contributed by atoms with Gasteiger partial charge in [0, 0.05) is 36.7 Å². The Morgan fingerprint density at radius 3 is 2.41 bits per heavy atom. The lowest BCUT2D eigenvalue weighted by Gasteiger charge is -2.30. The Morgan fingerprint density at radius 2 is 1.91 bits per heavy atom. The second-order valence-electron chi connectivity index (χ2n) is 5.47. The Morgan fingerprint density at radius 1 is 1.18 bits per heavy atom. The molecule has 2 heterocycles. The van der Waals surface area contributed by atoms with Crippen LogP contribution in [0.3, 0.4) is 0 Å². The van der Waals surface area contributed by atoms with Crippen molar-refractivity contribution in [3.63, 3.8) is 0 Å². The number of Topliss-reactive ketones (excluding diaryl/α,β-unsaturated/α-hetero) is 1. The minimum atomic E-state index is -0.239. The van der Waals surface area contributed by atoms with Crippen molar-refractivity contribution in [1.29, 1.82) is 0 Å². The van der Waals surface area contributed by atoms with Crippen LogP contribution >= 0.6 is 11.8 Å². The zero-order valence-corrected chi connectivity index (χ0v) is 13.7. The summed E-state index contributed by atoms with van der Waals surface area (Å²) in [6.45, 7) is 0. The van der Waals surface area contributed by atoms with Crippen LogP contribution in [0, 0.1) is 0 Å². The van der Waals surface area contributed by atoms with E-state index in [0.717, 1.165) is 5.04 Å². The van der Waals surface area contributed by atoms with Crippen LogP contribution in [0.4, 0.5) is 5.88 Å². The first kappa shape index (κ1) is 14.7. The molecule has 1 aliphatic carbocycles. The molecule has 114 valence electrons. The highest BCUT2D eigenvalue weighted by atomic mass is 32.2. The first-order chi connectivity index (χ1) is 10.4. The fourth-order valence-electron chi connectivity index (χ4n) is 2.25. The molecule has 0 spiro atoms. The fourth-order valence-corrected chi connectivity index (χ4v) is 3.21. The van der Waals surface area contributed by atoms with Crippen molar-refractivity contribution in [1.82, 2.24) is 0 Å². The molecule has 0 fully saturated rings. The predicted octanol–water partition coefficient (Wildman–Crippen LogP) is 1.23. The Balaban J connectivity index is 1.97. The molecule has 0 N–H and O–H groups in total. The summed E-state index contributed by atoms with van der Waals surface area (Å²) in [6, 6.07) is 3.41. The molecule has 1 aromatic rings. The Labute approximate surface area is 132 Å². The number of carbonyl (C=O) groups excluding carboxylic acids is 1. The van der Waals surface area contributed by atoms with Gasteiger partial charge in [0.2, 0.25) is 5.04 Å². The summed E-state index contributed by atoms with van der Waals surface area (Å²) >= 11 is 1.43. The van der Waals surface area contributed by atoms with Gasteiger partial charge in [-0.1, -0.05) is 5.76 Å². The Kier molecular flexibility index (Phi) is 3.48. The van der Waals surface area contributed by atoms with Crippen LogP contribution in [0.15, 0.2) is 44.9 Å². The molecule has 5 nitrogen and oxygen atoms in total. The monoisotopic (exact) mass is 316 g/mol. The van der Waals surface area contributed by atoms with Crippen LogP contribution in [-0.4, -0.2) is 43.6 Å². The van der Waals surface area contributed by atoms with Gasteiger partial charge in [0.15, 0.2) is 11.7 Å². The summed E-state index contributed by atoms with van der Waals surface area (Å²) in [5.41, 5.74) is 0.402. The topological polar surface area (TPSA) is 59.5 Å². The van der Waals surface area contributed by atoms with E-state index in [4.69, 9.17) is 4.42 Å². The molecule has 0 saturated heterocycles. The number of carbonyl (C=O) groups is 1. The van der Waals surface area contributed by atoms with Gasteiger partial charge in [-0.3, -0.25) is 4.79 Å². The van der Waals surface area contributed by atoms with Crippen LogP contribution in [0.2, 0.25) is 0 Å². The van der Waals surface area contributed by atoms with E-state index in [9.17, 15) is 9.90 Å². The van der Waals surface area contributed by atoms with Crippen molar-refractivity contribution >= 4 is 34.0 Å². The van der Waals surface area contributed by atoms with E-state index >= 15 is 0 Å². The summed E-state index contributed by atoms with van der Waals surface area (Å²) in [6.07, 6.45) is 3.72. The molecule has 0 bridgehead atoms. The van der Waals surface area contributed by atoms with Crippen molar-refractivity contribution in [2.45, 2.75) is 0 Å². The first-order valence-corrected chi connectivity index (χ1v) is 7.60. The molecular formula is C16H16N2O3S. The number of rotatable bonds is 2. The standard InChI is InChI=1S/C16H16N2O3S/c1-17(2)11-7-5-9(21-11)13-15(19)14(16(13)20)10-6-8-12(22-10)18(3)4/h5-8H,1-4H3. The number of allylic oxidation sites excluding steroid dienone is 3. The normalized spacial score (nSPS) is 20.7. The van der Waals surface area contributed by atoms with E-state index in [-0.39, 0.29) is 22.7 Å². The average Bonchev–Trinajstić information content (AvgIpc) is 3.08. The van der Waals surface area contributed by atoms with Crippen molar-refractivity contribution in [3.05, 3.63) is 46.3 Å². The van der Waals surface area contributed by atoms with Gasteiger partial charge >= 0.3 is 0 Å². The lowest BCUT2D eigenvalue weighted by Crippen LogP contribution is -2.29. The number of hydrogen-bond acceptors (Lipinski definition) is 5. The minimum absolute atomic E-state index is 0.142. The highest BCUT2D eigenvalue weighted by Crippen LogP contribution is 2.42. The quantitative estimate of drug-likeness (QED) is 0.607. The van der Waals surface area contributed by atoms with Gasteiger partial charge in [-0.25, -0.2) is 4.58 Å². The van der Waals surface area contributed by atoms with Gasteiger partial charge in [0.05, 0.1) is 5.57 Å². The molecule has 6 heteroatoms. The minimum Gasteiger partial charge on any atom is -0.871 e. The second-order valence-corrected chi connectivity index (χ2v) is 6.54. The van der Waals surface area contributed by atoms with Gasteiger partial charge in [-0.2, -0.15) is 0 Å². The highest BCUT2D eigenvalue weighted by molar-refractivity contribution is 8.18. The third-order valence-electron chi connectivity index (χ3n) is 3.47. The van der Waals surface area contributed by atoms with Crippen molar-refractivity contribution in [2.24, 2.45) is 0 Å². The third-order valence-corrected chi connectivity index (χ3v) is 4.74. The fraction of sp³-hybridized carbons (Fsp3) is 0.250. The van der Waals surface area contributed by atoms with Gasteiger partial charge in [0.25, 0.3) is 0 Å². The largest absolute Gasteiger partial charge is 0.871 e. The van der Waals surface area contributed by atoms with E-state index in [1.54, 1.807) is 17.0 Å².